The van der Waals surface area contributed by atoms with Crippen molar-refractivity contribution in [1.29, 1.82) is 0 Å². The number of carbonyl (C=O) groups is 1. The molecule has 1 saturated heterocycles. The first-order valence-corrected chi connectivity index (χ1v) is 11.0. The van der Waals surface area contributed by atoms with Gasteiger partial charge in [0.1, 0.15) is 11.6 Å². The van der Waals surface area contributed by atoms with Gasteiger partial charge in [-0.1, -0.05) is 6.07 Å². The van der Waals surface area contributed by atoms with Crippen LogP contribution in [0.5, 0.6) is 5.75 Å². The van der Waals surface area contributed by atoms with E-state index >= 15 is 0 Å². The first kappa shape index (κ1) is 22.4. The molecule has 0 spiro atoms. The van der Waals surface area contributed by atoms with Gasteiger partial charge in [-0.3, -0.25) is 4.79 Å². The highest BCUT2D eigenvalue weighted by atomic mass is 32.2. The second kappa shape index (κ2) is 10.2. The highest BCUT2D eigenvalue weighted by Crippen LogP contribution is 2.26. The van der Waals surface area contributed by atoms with Crippen molar-refractivity contribution >= 4 is 23.4 Å². The number of anilines is 1. The number of rotatable bonds is 7. The molecule has 0 aromatic heterocycles. The third-order valence-corrected chi connectivity index (χ3v) is 6.09. The monoisotopic (exact) mass is 432 g/mol. The lowest BCUT2D eigenvalue weighted by Gasteiger charge is -2.37. The number of carbonyl (C=O) groups excluding carboxylic acids is 1. The van der Waals surface area contributed by atoms with Gasteiger partial charge in [0.05, 0.1) is 30.3 Å². The van der Waals surface area contributed by atoms with E-state index in [-0.39, 0.29) is 29.2 Å². The molecule has 3 atom stereocenters. The predicted octanol–water partition coefficient (Wildman–Crippen LogP) is 4.24. The molecule has 1 aliphatic rings. The normalized spacial score (nSPS) is 20.0. The number of nitrogens with zero attached hydrogens (tertiary/aromatic N) is 1. The van der Waals surface area contributed by atoms with E-state index < -0.39 is 0 Å². The number of hydrogen-bond donors (Lipinski definition) is 1. The Morgan fingerprint density at radius 2 is 1.90 bits per heavy atom. The number of thioether (sulfide) groups is 1. The molecule has 0 bridgehead atoms. The Morgan fingerprint density at radius 3 is 2.50 bits per heavy atom. The van der Waals surface area contributed by atoms with Gasteiger partial charge in [-0.2, -0.15) is 0 Å². The number of morpholine rings is 1. The minimum atomic E-state index is -0.274. The van der Waals surface area contributed by atoms with Crippen molar-refractivity contribution in [3.8, 4) is 5.75 Å². The molecule has 1 N–H and O–H groups in total. The summed E-state index contributed by atoms with van der Waals surface area (Å²) in [5.41, 5.74) is 1.32. The number of benzene rings is 2. The van der Waals surface area contributed by atoms with Crippen LogP contribution in [0.3, 0.4) is 0 Å². The Bertz CT molecular complexity index is 852. The predicted molar refractivity (Wildman–Crippen MR) is 119 cm³/mol. The van der Waals surface area contributed by atoms with Gasteiger partial charge in [0.25, 0.3) is 0 Å². The van der Waals surface area contributed by atoms with E-state index in [1.165, 1.54) is 17.8 Å². The fraction of sp³-hybridized carbons (Fsp3) is 0.435. The molecule has 162 valence electrons. The highest BCUT2D eigenvalue weighted by Gasteiger charge is 2.24. The van der Waals surface area contributed by atoms with E-state index in [9.17, 15) is 9.18 Å². The lowest BCUT2D eigenvalue weighted by molar-refractivity contribution is -0.120. The molecule has 2 aromatic carbocycles. The van der Waals surface area contributed by atoms with Crippen molar-refractivity contribution in [3.05, 3.63) is 53.8 Å². The zero-order valence-corrected chi connectivity index (χ0v) is 18.7. The minimum absolute atomic E-state index is 0.0665. The van der Waals surface area contributed by atoms with E-state index in [1.54, 1.807) is 13.2 Å². The van der Waals surface area contributed by atoms with Crippen LogP contribution in [0, 0.1) is 5.82 Å². The zero-order chi connectivity index (χ0) is 21.7. The van der Waals surface area contributed by atoms with Gasteiger partial charge in [0.2, 0.25) is 5.91 Å². The van der Waals surface area contributed by atoms with Crippen molar-refractivity contribution in [2.75, 3.05) is 25.1 Å². The molecule has 7 heteroatoms. The number of ether oxygens (including phenoxy) is 2. The molecule has 2 aromatic rings. The van der Waals surface area contributed by atoms with E-state index in [1.807, 2.05) is 56.0 Å². The van der Waals surface area contributed by atoms with Crippen LogP contribution in [0.4, 0.5) is 10.1 Å². The highest BCUT2D eigenvalue weighted by molar-refractivity contribution is 8.00. The molecule has 3 unspecified atom stereocenters. The van der Waals surface area contributed by atoms with Crippen molar-refractivity contribution in [3.63, 3.8) is 0 Å². The summed E-state index contributed by atoms with van der Waals surface area (Å²) in [5.74, 6) is 0.419. The Morgan fingerprint density at radius 1 is 1.23 bits per heavy atom. The van der Waals surface area contributed by atoms with Crippen LogP contribution >= 0.6 is 11.8 Å². The van der Waals surface area contributed by atoms with Crippen LogP contribution in [0.25, 0.3) is 0 Å². The van der Waals surface area contributed by atoms with Crippen LogP contribution in [-0.4, -0.2) is 43.6 Å². The Hall–Kier alpha value is -2.25. The van der Waals surface area contributed by atoms with Gasteiger partial charge in [-0.15, -0.1) is 11.8 Å². The number of nitrogens with one attached hydrogen (secondary N) is 1. The average molecular weight is 433 g/mol. The van der Waals surface area contributed by atoms with E-state index in [0.717, 1.165) is 16.2 Å². The molecule has 0 aliphatic carbocycles. The van der Waals surface area contributed by atoms with Gasteiger partial charge in [-0.25, -0.2) is 4.39 Å². The maximum atomic E-state index is 14.7. The molecule has 30 heavy (non-hydrogen) atoms. The average Bonchev–Trinajstić information content (AvgIpc) is 2.71. The van der Waals surface area contributed by atoms with Crippen LogP contribution in [0.2, 0.25) is 0 Å². The maximum absolute atomic E-state index is 14.7. The molecular weight excluding hydrogens is 403 g/mol. The zero-order valence-electron chi connectivity index (χ0n) is 17.9. The lowest BCUT2D eigenvalue weighted by Crippen LogP contribution is -2.45. The van der Waals surface area contributed by atoms with Gasteiger partial charge in [0, 0.05) is 24.5 Å². The van der Waals surface area contributed by atoms with Gasteiger partial charge < -0.3 is 19.7 Å². The minimum Gasteiger partial charge on any atom is -0.497 e. The van der Waals surface area contributed by atoms with Gasteiger partial charge >= 0.3 is 0 Å². The van der Waals surface area contributed by atoms with E-state index in [0.29, 0.717) is 25.3 Å². The molecule has 5 nitrogen and oxygen atoms in total. The van der Waals surface area contributed by atoms with Gasteiger partial charge in [0.15, 0.2) is 0 Å². The summed E-state index contributed by atoms with van der Waals surface area (Å²) in [6.07, 6.45) is 0.133. The summed E-state index contributed by atoms with van der Waals surface area (Å²) >= 11 is 1.47. The standard InChI is InChI=1S/C23H29FN2O3S/c1-15-13-26(14-16(2)29-15)22-10-5-18(11-21(22)24)12-25-23(27)17(3)30-20-8-6-19(28-4)7-9-20/h5-11,15-17H,12-14H2,1-4H3,(H,25,27). The first-order valence-electron chi connectivity index (χ1n) is 10.1. The number of halogens is 1. The molecular formula is C23H29FN2O3S. The largest absolute Gasteiger partial charge is 0.497 e. The van der Waals surface area contributed by atoms with E-state index in [4.69, 9.17) is 9.47 Å². The molecule has 0 radical (unpaired) electrons. The number of methoxy groups -OCH3 is 1. The van der Waals surface area contributed by atoms with Gasteiger partial charge in [-0.05, 0) is 62.7 Å². The fourth-order valence-corrected chi connectivity index (χ4v) is 4.43. The fourth-order valence-electron chi connectivity index (χ4n) is 3.54. The Balaban J connectivity index is 1.54. The first-order chi connectivity index (χ1) is 14.4. The van der Waals surface area contributed by atoms with Crippen molar-refractivity contribution < 1.29 is 18.7 Å². The van der Waals surface area contributed by atoms with Crippen LogP contribution < -0.4 is 15.0 Å². The van der Waals surface area contributed by atoms with Crippen molar-refractivity contribution in [1.82, 2.24) is 5.32 Å². The van der Waals surface area contributed by atoms with Crippen LogP contribution in [-0.2, 0) is 16.1 Å². The molecule has 1 heterocycles. The third kappa shape index (κ3) is 5.89. The topological polar surface area (TPSA) is 50.8 Å². The molecule has 0 saturated carbocycles. The lowest BCUT2D eigenvalue weighted by atomic mass is 10.1. The summed E-state index contributed by atoms with van der Waals surface area (Å²) in [7, 11) is 1.62. The Labute approximate surface area is 181 Å². The summed E-state index contributed by atoms with van der Waals surface area (Å²) in [6, 6.07) is 12.7. The van der Waals surface area contributed by atoms with E-state index in [2.05, 4.69) is 5.32 Å². The molecule has 1 amide bonds. The second-order valence-electron chi connectivity index (χ2n) is 7.60. The summed E-state index contributed by atoms with van der Waals surface area (Å²) < 4.78 is 25.6. The number of hydrogen-bond acceptors (Lipinski definition) is 5. The second-order valence-corrected chi connectivity index (χ2v) is 9.02. The Kier molecular flexibility index (Phi) is 7.61. The molecule has 1 aliphatic heterocycles. The quantitative estimate of drug-likeness (QED) is 0.663. The van der Waals surface area contributed by atoms with Crippen LogP contribution in [0.1, 0.15) is 26.3 Å². The van der Waals surface area contributed by atoms with Crippen molar-refractivity contribution in [2.45, 2.75) is 49.7 Å². The van der Waals surface area contributed by atoms with Crippen molar-refractivity contribution in [2.24, 2.45) is 0 Å². The summed E-state index contributed by atoms with van der Waals surface area (Å²) in [6.45, 7) is 7.47. The molecule has 1 fully saturated rings. The van der Waals surface area contributed by atoms with Crippen LogP contribution in [0.15, 0.2) is 47.4 Å². The number of amides is 1. The smallest absolute Gasteiger partial charge is 0.233 e. The third-order valence-electron chi connectivity index (χ3n) is 4.98. The molecule has 3 rings (SSSR count). The SMILES string of the molecule is COc1ccc(SC(C)C(=O)NCc2ccc(N3CC(C)OC(C)C3)c(F)c2)cc1. The maximum Gasteiger partial charge on any atom is 0.233 e. The summed E-state index contributed by atoms with van der Waals surface area (Å²) in [4.78, 5) is 15.4. The summed E-state index contributed by atoms with van der Waals surface area (Å²) in [5, 5.41) is 2.63.